The second-order valence-electron chi connectivity index (χ2n) is 6.39. The van der Waals surface area contributed by atoms with E-state index in [0.717, 1.165) is 39.1 Å². The van der Waals surface area contributed by atoms with E-state index in [-0.39, 0.29) is 11.6 Å². The number of ketones is 1. The van der Waals surface area contributed by atoms with E-state index in [1.807, 2.05) is 0 Å². The van der Waals surface area contributed by atoms with Crippen LogP contribution in [0.1, 0.15) is 23.2 Å². The van der Waals surface area contributed by atoms with Crippen LogP contribution in [0.5, 0.6) is 0 Å². The van der Waals surface area contributed by atoms with E-state index in [1.54, 1.807) is 6.26 Å². The third-order valence-corrected chi connectivity index (χ3v) is 5.27. The Labute approximate surface area is 161 Å². The Hall–Kier alpha value is -2.06. The quantitative estimate of drug-likeness (QED) is 0.410. The van der Waals surface area contributed by atoms with Gasteiger partial charge < -0.3 is 4.90 Å². The number of piperazine rings is 1. The number of carbonyl (C=O) groups is 1. The van der Waals surface area contributed by atoms with E-state index < -0.39 is 5.82 Å². The smallest absolute Gasteiger partial charge is 0.226 e. The van der Waals surface area contributed by atoms with E-state index in [9.17, 15) is 13.6 Å². The number of anilines is 1. The van der Waals surface area contributed by atoms with Crippen molar-refractivity contribution in [2.24, 2.45) is 0 Å². The minimum Gasteiger partial charge on any atom is -0.338 e. The number of thioether (sulfide) groups is 1. The van der Waals surface area contributed by atoms with E-state index in [2.05, 4.69) is 19.8 Å². The van der Waals surface area contributed by atoms with Gasteiger partial charge in [-0.05, 0) is 43.5 Å². The Bertz CT molecular complexity index is 780. The maximum atomic E-state index is 13.5. The fraction of sp³-hybridized carbons (Fsp3) is 0.421. The Kier molecular flexibility index (Phi) is 6.73. The van der Waals surface area contributed by atoms with Gasteiger partial charge in [0.15, 0.2) is 11.6 Å². The first-order valence-corrected chi connectivity index (χ1v) is 10.1. The van der Waals surface area contributed by atoms with Crippen LogP contribution in [0.2, 0.25) is 0 Å². The van der Waals surface area contributed by atoms with E-state index in [1.165, 1.54) is 42.2 Å². The lowest BCUT2D eigenvalue weighted by Crippen LogP contribution is -2.47. The van der Waals surface area contributed by atoms with Crippen LogP contribution < -0.4 is 4.90 Å². The molecule has 5 nitrogen and oxygen atoms in total. The second-order valence-corrected chi connectivity index (χ2v) is 7.18. The van der Waals surface area contributed by atoms with Gasteiger partial charge >= 0.3 is 0 Å². The SMILES string of the molecule is CSc1nc(N2CCN(CCCC(=O)c3ccc(F)cc3)CC2)ncc1F. The van der Waals surface area contributed by atoms with Gasteiger partial charge in [-0.3, -0.25) is 9.69 Å². The first-order valence-electron chi connectivity index (χ1n) is 8.89. The molecule has 1 saturated heterocycles. The topological polar surface area (TPSA) is 49.3 Å². The number of halogens is 2. The summed E-state index contributed by atoms with van der Waals surface area (Å²) >= 11 is 1.27. The number of carbonyl (C=O) groups excluding carboxylic acids is 1. The summed E-state index contributed by atoms with van der Waals surface area (Å²) in [6.07, 6.45) is 4.23. The molecule has 0 unspecified atom stereocenters. The van der Waals surface area contributed by atoms with Crippen LogP contribution in [0.3, 0.4) is 0 Å². The lowest BCUT2D eigenvalue weighted by atomic mass is 10.1. The van der Waals surface area contributed by atoms with E-state index >= 15 is 0 Å². The van der Waals surface area contributed by atoms with Crippen molar-refractivity contribution in [3.8, 4) is 0 Å². The minimum absolute atomic E-state index is 0.0398. The van der Waals surface area contributed by atoms with Crippen LogP contribution in [-0.4, -0.2) is 59.6 Å². The van der Waals surface area contributed by atoms with Crippen LogP contribution in [-0.2, 0) is 0 Å². The highest BCUT2D eigenvalue weighted by atomic mass is 32.2. The Morgan fingerprint density at radius 3 is 2.52 bits per heavy atom. The summed E-state index contributed by atoms with van der Waals surface area (Å²) in [5.41, 5.74) is 0.555. The van der Waals surface area contributed by atoms with Crippen molar-refractivity contribution in [2.45, 2.75) is 17.9 Å². The lowest BCUT2D eigenvalue weighted by molar-refractivity contribution is 0.0974. The summed E-state index contributed by atoms with van der Waals surface area (Å²) in [5.74, 6) is -0.125. The largest absolute Gasteiger partial charge is 0.338 e. The average molecular weight is 392 g/mol. The zero-order chi connectivity index (χ0) is 19.2. The maximum Gasteiger partial charge on any atom is 0.226 e. The van der Waals surface area contributed by atoms with Crippen LogP contribution >= 0.6 is 11.8 Å². The summed E-state index contributed by atoms with van der Waals surface area (Å²) in [6.45, 7) is 4.07. The summed E-state index contributed by atoms with van der Waals surface area (Å²) in [7, 11) is 0. The van der Waals surface area contributed by atoms with E-state index in [0.29, 0.717) is 23.0 Å². The van der Waals surface area contributed by atoms with E-state index in [4.69, 9.17) is 0 Å². The normalized spacial score (nSPS) is 15.1. The summed E-state index contributed by atoms with van der Waals surface area (Å²) in [6, 6.07) is 5.68. The second kappa shape index (κ2) is 9.23. The van der Waals surface area contributed by atoms with Gasteiger partial charge in [0, 0.05) is 38.2 Å². The van der Waals surface area contributed by atoms with Gasteiger partial charge in [-0.1, -0.05) is 0 Å². The molecule has 0 bridgehead atoms. The van der Waals surface area contributed by atoms with Gasteiger partial charge in [-0.2, -0.15) is 0 Å². The van der Waals surface area contributed by atoms with Crippen LogP contribution in [0.15, 0.2) is 35.5 Å². The molecule has 2 aromatic rings. The fourth-order valence-electron chi connectivity index (χ4n) is 3.05. The fourth-order valence-corrected chi connectivity index (χ4v) is 3.47. The van der Waals surface area contributed by atoms with Crippen LogP contribution in [0.4, 0.5) is 14.7 Å². The standard InChI is InChI=1S/C19H22F2N4OS/c1-27-18-16(21)13-22-19(23-18)25-11-9-24(10-12-25)8-2-3-17(26)14-4-6-15(20)7-5-14/h4-7,13H,2-3,8-12H2,1H3. The molecule has 0 spiro atoms. The molecule has 2 heterocycles. The molecule has 0 amide bonds. The average Bonchev–Trinajstić information content (AvgIpc) is 2.69. The Balaban J connectivity index is 1.43. The zero-order valence-electron chi connectivity index (χ0n) is 15.2. The monoisotopic (exact) mass is 392 g/mol. The molecule has 1 aromatic heterocycles. The van der Waals surface area contributed by atoms with Crippen molar-refractivity contribution in [2.75, 3.05) is 43.9 Å². The number of aromatic nitrogens is 2. The molecule has 0 radical (unpaired) electrons. The molecule has 0 aliphatic carbocycles. The number of hydrogen-bond donors (Lipinski definition) is 0. The third-order valence-electron chi connectivity index (χ3n) is 4.59. The highest BCUT2D eigenvalue weighted by Gasteiger charge is 2.20. The molecule has 0 N–H and O–H groups in total. The maximum absolute atomic E-state index is 13.5. The van der Waals surface area contributed by atoms with Gasteiger partial charge in [0.2, 0.25) is 5.95 Å². The molecule has 144 valence electrons. The van der Waals surface area contributed by atoms with Crippen molar-refractivity contribution in [1.29, 1.82) is 0 Å². The number of rotatable bonds is 7. The molecule has 27 heavy (non-hydrogen) atoms. The first kappa shape index (κ1) is 19.7. The number of nitrogens with zero attached hydrogens (tertiary/aromatic N) is 4. The molecule has 1 aromatic carbocycles. The molecule has 1 fully saturated rings. The van der Waals surface area contributed by atoms with Gasteiger partial charge in [0.25, 0.3) is 0 Å². The van der Waals surface area contributed by atoms with Gasteiger partial charge in [-0.25, -0.2) is 18.7 Å². The lowest BCUT2D eigenvalue weighted by Gasteiger charge is -2.34. The predicted molar refractivity (Wildman–Crippen MR) is 102 cm³/mol. The molecule has 3 rings (SSSR count). The Morgan fingerprint density at radius 1 is 1.15 bits per heavy atom. The van der Waals surface area contributed by atoms with Gasteiger partial charge in [0.05, 0.1) is 6.20 Å². The predicted octanol–water partition coefficient (Wildman–Crippen LogP) is 3.26. The molecule has 1 aliphatic rings. The van der Waals surface area contributed by atoms with Crippen molar-refractivity contribution >= 4 is 23.5 Å². The van der Waals surface area contributed by atoms with Crippen molar-refractivity contribution in [3.63, 3.8) is 0 Å². The van der Waals surface area contributed by atoms with Crippen molar-refractivity contribution in [1.82, 2.24) is 14.9 Å². The summed E-state index contributed by atoms with van der Waals surface area (Å²) in [4.78, 5) is 24.9. The minimum atomic E-state index is -0.393. The van der Waals surface area contributed by atoms with Crippen LogP contribution in [0, 0.1) is 11.6 Å². The molecule has 1 aliphatic heterocycles. The highest BCUT2D eigenvalue weighted by Crippen LogP contribution is 2.19. The van der Waals surface area contributed by atoms with Gasteiger partial charge in [0.1, 0.15) is 10.8 Å². The van der Waals surface area contributed by atoms with Crippen molar-refractivity contribution < 1.29 is 13.6 Å². The molecule has 8 heteroatoms. The molecular weight excluding hydrogens is 370 g/mol. The number of benzene rings is 1. The summed E-state index contributed by atoms with van der Waals surface area (Å²) in [5, 5.41) is 0.363. The van der Waals surface area contributed by atoms with Crippen LogP contribution in [0.25, 0.3) is 0 Å². The van der Waals surface area contributed by atoms with Gasteiger partial charge in [-0.15, -0.1) is 11.8 Å². The van der Waals surface area contributed by atoms with Crippen molar-refractivity contribution in [3.05, 3.63) is 47.7 Å². The molecule has 0 atom stereocenters. The number of hydrogen-bond acceptors (Lipinski definition) is 6. The number of Topliss-reactive ketones (excluding diaryl/α,β-unsaturated/α-hetero) is 1. The summed E-state index contributed by atoms with van der Waals surface area (Å²) < 4.78 is 26.4. The molecule has 0 saturated carbocycles. The molecular formula is C19H22F2N4OS. The highest BCUT2D eigenvalue weighted by molar-refractivity contribution is 7.98. The first-order chi connectivity index (χ1) is 13.1. The third kappa shape index (κ3) is 5.23. The Morgan fingerprint density at radius 2 is 1.85 bits per heavy atom. The zero-order valence-corrected chi connectivity index (χ0v) is 16.0.